The number of hydroxylamine groups is 1. The van der Waals surface area contributed by atoms with Crippen molar-refractivity contribution in [3.8, 4) is 11.5 Å². The van der Waals surface area contributed by atoms with Crippen LogP contribution in [0.5, 0.6) is 11.5 Å². The predicted molar refractivity (Wildman–Crippen MR) is 116 cm³/mol. The fourth-order valence-electron chi connectivity index (χ4n) is 2.46. The second-order valence-electron chi connectivity index (χ2n) is 6.12. The summed E-state index contributed by atoms with van der Waals surface area (Å²) in [6.45, 7) is 0. The van der Waals surface area contributed by atoms with E-state index in [4.69, 9.17) is 0 Å². The molecule has 3 N–H and O–H groups in total. The van der Waals surface area contributed by atoms with Gasteiger partial charge in [-0.2, -0.15) is 0 Å². The lowest BCUT2D eigenvalue weighted by atomic mass is 10.1. The van der Waals surface area contributed by atoms with E-state index in [1.807, 2.05) is 48.6 Å². The first kappa shape index (κ1) is 19.9. The van der Waals surface area contributed by atoms with Gasteiger partial charge in [-0.25, -0.2) is 0 Å². The number of hydrogen-bond donors (Lipinski definition) is 3. The van der Waals surface area contributed by atoms with E-state index in [1.54, 1.807) is 47.0 Å². The molecule has 3 aromatic carbocycles. The van der Waals surface area contributed by atoms with E-state index >= 15 is 0 Å². The monoisotopic (exact) mass is 410 g/mol. The van der Waals surface area contributed by atoms with Gasteiger partial charge in [-0.05, 0) is 64.4 Å². The third-order valence-electron chi connectivity index (χ3n) is 3.72. The molecular formula is C22H20NO3S2+. The lowest BCUT2D eigenvalue weighted by Crippen LogP contribution is -2.00. The Morgan fingerprint density at radius 2 is 1.14 bits per heavy atom. The molecule has 0 aliphatic carbocycles. The number of aromatic hydroxyl groups is 2. The van der Waals surface area contributed by atoms with Crippen molar-refractivity contribution in [2.75, 3.05) is 7.05 Å². The summed E-state index contributed by atoms with van der Waals surface area (Å²) < 4.78 is 1.04. The fraction of sp³-hybridized carbons (Fsp3) is 0.0455. The predicted octanol–water partition coefficient (Wildman–Crippen LogP) is 5.52. The van der Waals surface area contributed by atoms with Crippen molar-refractivity contribution in [1.29, 1.82) is 0 Å². The van der Waals surface area contributed by atoms with Gasteiger partial charge >= 0.3 is 0 Å². The second kappa shape index (κ2) is 9.39. The molecule has 0 aromatic heterocycles. The zero-order valence-corrected chi connectivity index (χ0v) is 16.8. The van der Waals surface area contributed by atoms with Crippen molar-refractivity contribution in [3.63, 3.8) is 0 Å². The van der Waals surface area contributed by atoms with Crippen LogP contribution in [0, 0.1) is 0 Å². The molecule has 0 radical (unpaired) electrons. The minimum Gasteiger partial charge on any atom is -0.508 e. The highest BCUT2D eigenvalue weighted by molar-refractivity contribution is 8.76. The summed E-state index contributed by atoms with van der Waals surface area (Å²) in [7, 11) is 4.92. The molecule has 0 unspecified atom stereocenters. The van der Waals surface area contributed by atoms with E-state index in [0.717, 1.165) is 31.2 Å². The lowest BCUT2D eigenvalue weighted by molar-refractivity contribution is -0.750. The maximum Gasteiger partial charge on any atom is 0.222 e. The Labute approximate surface area is 171 Å². The normalized spacial score (nSPS) is 11.8. The standard InChI is InChI=1S/C22H19NO3S2/c1-23(26)15-17-6-10-22(11-7-17)28-27-21-8-4-16(5-9-21)2-3-18-12-19(24)14-20(25)13-18/h2-15H,1H3,(H2-,24,25,26)/p+1/b3-2+,23-15?. The summed E-state index contributed by atoms with van der Waals surface area (Å²) in [6.07, 6.45) is 5.42. The molecule has 4 nitrogen and oxygen atoms in total. The molecule has 0 aliphatic rings. The van der Waals surface area contributed by atoms with E-state index < -0.39 is 0 Å². The van der Waals surface area contributed by atoms with Crippen molar-refractivity contribution in [2.24, 2.45) is 0 Å². The third kappa shape index (κ3) is 6.11. The van der Waals surface area contributed by atoms with E-state index in [0.29, 0.717) is 0 Å². The van der Waals surface area contributed by atoms with E-state index in [9.17, 15) is 15.4 Å². The Morgan fingerprint density at radius 3 is 1.64 bits per heavy atom. The third-order valence-corrected chi connectivity index (χ3v) is 6.14. The maximum absolute atomic E-state index is 9.52. The molecule has 0 fully saturated rings. The Bertz CT molecular complexity index is 973. The average molecular weight is 411 g/mol. The van der Waals surface area contributed by atoms with Gasteiger partial charge in [0, 0.05) is 21.4 Å². The average Bonchev–Trinajstić information content (AvgIpc) is 2.65. The van der Waals surface area contributed by atoms with Gasteiger partial charge in [0.25, 0.3) is 0 Å². The van der Waals surface area contributed by atoms with Crippen LogP contribution in [0.4, 0.5) is 0 Å². The molecule has 0 saturated carbocycles. The molecule has 0 heterocycles. The molecule has 3 rings (SSSR count). The van der Waals surface area contributed by atoms with Crippen LogP contribution in [0.1, 0.15) is 16.7 Å². The largest absolute Gasteiger partial charge is 0.508 e. The molecule has 6 heteroatoms. The van der Waals surface area contributed by atoms with Crippen molar-refractivity contribution in [1.82, 2.24) is 0 Å². The minimum atomic E-state index is 0.0396. The van der Waals surface area contributed by atoms with Gasteiger partial charge in [-0.3, -0.25) is 5.21 Å². The zero-order valence-electron chi connectivity index (χ0n) is 15.2. The summed E-state index contributed by atoms with van der Waals surface area (Å²) in [5.74, 6) is 0.0791. The van der Waals surface area contributed by atoms with Crippen LogP contribution in [0.25, 0.3) is 12.2 Å². The molecule has 28 heavy (non-hydrogen) atoms. The van der Waals surface area contributed by atoms with Crippen molar-refractivity contribution in [3.05, 3.63) is 83.4 Å². The maximum atomic E-state index is 9.52. The van der Waals surface area contributed by atoms with E-state index in [2.05, 4.69) is 12.1 Å². The van der Waals surface area contributed by atoms with Gasteiger partial charge in [0.1, 0.15) is 11.5 Å². The van der Waals surface area contributed by atoms with Crippen LogP contribution < -0.4 is 0 Å². The summed E-state index contributed by atoms with van der Waals surface area (Å²) in [5.41, 5.74) is 2.71. The molecule has 0 bridgehead atoms. The number of benzene rings is 3. The highest BCUT2D eigenvalue weighted by Crippen LogP contribution is 2.37. The molecule has 0 amide bonds. The number of hydrogen-bond acceptors (Lipinski definition) is 5. The van der Waals surface area contributed by atoms with Crippen LogP contribution in [0.2, 0.25) is 0 Å². The number of nitrogens with zero attached hydrogens (tertiary/aromatic N) is 1. The van der Waals surface area contributed by atoms with Crippen LogP contribution in [-0.2, 0) is 0 Å². The molecule has 3 aromatic rings. The van der Waals surface area contributed by atoms with Gasteiger partial charge in [0.15, 0.2) is 7.05 Å². The van der Waals surface area contributed by atoms with Gasteiger partial charge in [0.05, 0.1) is 0 Å². The molecule has 0 atom stereocenters. The molecule has 0 spiro atoms. The smallest absolute Gasteiger partial charge is 0.222 e. The van der Waals surface area contributed by atoms with Crippen LogP contribution in [0.3, 0.4) is 0 Å². The van der Waals surface area contributed by atoms with Crippen LogP contribution in [-0.4, -0.2) is 33.4 Å². The van der Waals surface area contributed by atoms with Gasteiger partial charge in [-0.15, -0.1) is 0 Å². The first-order chi connectivity index (χ1) is 13.5. The Morgan fingerprint density at radius 1 is 0.679 bits per heavy atom. The molecule has 0 aliphatic heterocycles. The lowest BCUT2D eigenvalue weighted by Gasteiger charge is -2.02. The van der Waals surface area contributed by atoms with Crippen molar-refractivity contribution < 1.29 is 20.2 Å². The van der Waals surface area contributed by atoms with Gasteiger partial charge in [0.2, 0.25) is 6.21 Å². The summed E-state index contributed by atoms with van der Waals surface area (Å²) in [5, 5.41) is 28.3. The van der Waals surface area contributed by atoms with Crippen LogP contribution in [0.15, 0.2) is 76.5 Å². The van der Waals surface area contributed by atoms with E-state index in [1.165, 1.54) is 6.07 Å². The second-order valence-corrected chi connectivity index (χ2v) is 8.40. The highest BCUT2D eigenvalue weighted by atomic mass is 33.1. The van der Waals surface area contributed by atoms with Crippen molar-refractivity contribution in [2.45, 2.75) is 9.79 Å². The molecule has 142 valence electrons. The zero-order chi connectivity index (χ0) is 19.9. The minimum absolute atomic E-state index is 0.0396. The SMILES string of the molecule is C[N+](O)=Cc1ccc(SSc2ccc(/C=C/c3cc(O)cc(O)c3)cc2)cc1. The Hall–Kier alpha value is -2.83. The highest BCUT2D eigenvalue weighted by Gasteiger charge is 2.01. The first-order valence-electron chi connectivity index (χ1n) is 8.50. The Balaban J connectivity index is 1.58. The number of rotatable bonds is 6. The topological polar surface area (TPSA) is 63.7 Å². The summed E-state index contributed by atoms with van der Waals surface area (Å²) >= 11 is 0. The number of phenols is 2. The van der Waals surface area contributed by atoms with Gasteiger partial charge < -0.3 is 10.2 Å². The molecular weight excluding hydrogens is 390 g/mol. The summed E-state index contributed by atoms with van der Waals surface area (Å²) in [4.78, 5) is 2.28. The summed E-state index contributed by atoms with van der Waals surface area (Å²) in [6, 6.07) is 20.6. The molecule has 0 saturated heterocycles. The number of phenolic OH excluding ortho intramolecular Hbond substituents is 2. The van der Waals surface area contributed by atoms with Crippen LogP contribution >= 0.6 is 21.6 Å². The Kier molecular flexibility index (Phi) is 6.68. The van der Waals surface area contributed by atoms with Gasteiger partial charge in [-0.1, -0.05) is 45.9 Å². The van der Waals surface area contributed by atoms with E-state index in [-0.39, 0.29) is 11.5 Å². The quantitative estimate of drug-likeness (QED) is 0.125. The fourth-order valence-corrected chi connectivity index (χ4v) is 4.39. The first-order valence-corrected chi connectivity index (χ1v) is 10.7. The van der Waals surface area contributed by atoms with Crippen molar-refractivity contribution >= 4 is 40.0 Å².